The van der Waals surface area contributed by atoms with E-state index >= 15 is 0 Å². The number of anilines is 1. The third-order valence-corrected chi connectivity index (χ3v) is 6.51. The Morgan fingerprint density at radius 1 is 1.30 bits per heavy atom. The fraction of sp³-hybridized carbons (Fsp3) is 0.600. The van der Waals surface area contributed by atoms with Crippen molar-refractivity contribution in [1.29, 1.82) is 0 Å². The van der Waals surface area contributed by atoms with Gasteiger partial charge in [-0.2, -0.15) is 0 Å². The maximum Gasteiger partial charge on any atom is 0.243 e. The summed E-state index contributed by atoms with van der Waals surface area (Å²) in [5, 5.41) is 0. The average Bonchev–Trinajstić information content (AvgIpc) is 3.01. The Morgan fingerprint density at radius 3 is 2.35 bits per heavy atom. The molecule has 1 fully saturated rings. The Kier molecular flexibility index (Phi) is 3.86. The molecule has 112 valence electrons. The lowest BCUT2D eigenvalue weighted by Gasteiger charge is -2.21. The molecule has 1 aromatic rings. The van der Waals surface area contributed by atoms with Gasteiger partial charge < -0.3 is 5.73 Å². The molecule has 0 spiro atoms. The van der Waals surface area contributed by atoms with E-state index in [9.17, 15) is 8.42 Å². The minimum absolute atomic E-state index is 0.372. The predicted molar refractivity (Wildman–Crippen MR) is 82.2 cm³/mol. The molecular weight excluding hydrogens is 272 g/mol. The molecule has 2 N–H and O–H groups in total. The highest BCUT2D eigenvalue weighted by molar-refractivity contribution is 7.89. The van der Waals surface area contributed by atoms with Crippen LogP contribution in [0.5, 0.6) is 0 Å². The van der Waals surface area contributed by atoms with Crippen LogP contribution in [0.15, 0.2) is 11.0 Å². The standard InChI is InChI=1S/C15H24N2O2S/c1-9-7-13(9)8-17(5)20(18,19)15-11(3)6-10(2)14(16)12(15)4/h6,9,13H,7-8,16H2,1-5H3. The van der Waals surface area contributed by atoms with Gasteiger partial charge in [-0.1, -0.05) is 13.0 Å². The van der Waals surface area contributed by atoms with Crippen LogP contribution in [0.2, 0.25) is 0 Å². The minimum atomic E-state index is -3.46. The van der Waals surface area contributed by atoms with Gasteiger partial charge in [-0.3, -0.25) is 0 Å². The number of nitrogen functional groups attached to an aromatic ring is 1. The zero-order chi connectivity index (χ0) is 15.2. The zero-order valence-electron chi connectivity index (χ0n) is 12.9. The second-order valence-electron chi connectivity index (χ2n) is 6.14. The summed E-state index contributed by atoms with van der Waals surface area (Å²) in [5.74, 6) is 1.14. The monoisotopic (exact) mass is 296 g/mol. The second-order valence-corrected chi connectivity index (χ2v) is 8.12. The number of nitrogens with two attached hydrogens (primary N) is 1. The smallest absolute Gasteiger partial charge is 0.243 e. The number of nitrogens with zero attached hydrogens (tertiary/aromatic N) is 1. The van der Waals surface area contributed by atoms with Gasteiger partial charge in [0.15, 0.2) is 0 Å². The fourth-order valence-corrected chi connectivity index (χ4v) is 4.48. The molecule has 1 aliphatic carbocycles. The Morgan fingerprint density at radius 2 is 1.85 bits per heavy atom. The van der Waals surface area contributed by atoms with E-state index < -0.39 is 10.0 Å². The molecule has 0 saturated heterocycles. The molecule has 0 amide bonds. The highest BCUT2D eigenvalue weighted by Gasteiger charge is 2.37. The first-order chi connectivity index (χ1) is 9.16. The van der Waals surface area contributed by atoms with Crippen molar-refractivity contribution in [3.05, 3.63) is 22.8 Å². The number of hydrogen-bond donors (Lipinski definition) is 1. The molecule has 0 heterocycles. The highest BCUT2D eigenvalue weighted by Crippen LogP contribution is 2.39. The topological polar surface area (TPSA) is 63.4 Å². The van der Waals surface area contributed by atoms with Crippen LogP contribution in [-0.4, -0.2) is 26.3 Å². The summed E-state index contributed by atoms with van der Waals surface area (Å²) in [7, 11) is -1.80. The summed E-state index contributed by atoms with van der Waals surface area (Å²) in [6, 6.07) is 1.85. The first kappa shape index (κ1) is 15.3. The van der Waals surface area contributed by atoms with Crippen molar-refractivity contribution in [3.63, 3.8) is 0 Å². The second kappa shape index (κ2) is 5.04. The van der Waals surface area contributed by atoms with E-state index in [2.05, 4.69) is 6.92 Å². The molecule has 0 bridgehead atoms. The highest BCUT2D eigenvalue weighted by atomic mass is 32.2. The van der Waals surface area contributed by atoms with Crippen molar-refractivity contribution in [3.8, 4) is 0 Å². The molecular formula is C15H24N2O2S. The van der Waals surface area contributed by atoms with Gasteiger partial charge in [-0.25, -0.2) is 12.7 Å². The lowest BCUT2D eigenvalue weighted by Crippen LogP contribution is -2.30. The molecule has 2 rings (SSSR count). The third kappa shape index (κ3) is 2.56. The quantitative estimate of drug-likeness (QED) is 0.868. The lowest BCUT2D eigenvalue weighted by atomic mass is 10.1. The van der Waals surface area contributed by atoms with Crippen LogP contribution in [0, 0.1) is 32.6 Å². The van der Waals surface area contributed by atoms with Crippen molar-refractivity contribution < 1.29 is 8.42 Å². The van der Waals surface area contributed by atoms with Gasteiger partial charge in [0.1, 0.15) is 0 Å². The molecule has 1 aromatic carbocycles. The molecule has 4 nitrogen and oxygen atoms in total. The number of hydrogen-bond acceptors (Lipinski definition) is 3. The Bertz CT molecular complexity index is 638. The molecule has 0 aliphatic heterocycles. The molecule has 0 radical (unpaired) electrons. The van der Waals surface area contributed by atoms with Gasteiger partial charge >= 0.3 is 0 Å². The van der Waals surface area contributed by atoms with E-state index in [1.165, 1.54) is 4.31 Å². The lowest BCUT2D eigenvalue weighted by molar-refractivity contribution is 0.444. The molecule has 2 atom stereocenters. The molecule has 0 aromatic heterocycles. The first-order valence-corrected chi connectivity index (χ1v) is 8.42. The predicted octanol–water partition coefficient (Wildman–Crippen LogP) is 2.47. The van der Waals surface area contributed by atoms with E-state index in [4.69, 9.17) is 5.73 Å². The summed E-state index contributed by atoms with van der Waals surface area (Å²) in [5.41, 5.74) is 8.93. The van der Waals surface area contributed by atoms with Crippen LogP contribution in [0.1, 0.15) is 30.0 Å². The van der Waals surface area contributed by atoms with Gasteiger partial charge in [0.25, 0.3) is 0 Å². The summed E-state index contributed by atoms with van der Waals surface area (Å²) in [4.78, 5) is 0.372. The van der Waals surface area contributed by atoms with Gasteiger partial charge in [-0.15, -0.1) is 0 Å². The summed E-state index contributed by atoms with van der Waals surface area (Å²) in [6.07, 6.45) is 1.12. The van der Waals surface area contributed by atoms with Crippen molar-refractivity contribution in [1.82, 2.24) is 4.31 Å². The Labute approximate surface area is 122 Å². The normalized spacial score (nSPS) is 22.3. The maximum absolute atomic E-state index is 12.8. The molecule has 5 heteroatoms. The van der Waals surface area contributed by atoms with Crippen LogP contribution in [0.4, 0.5) is 5.69 Å². The van der Waals surface area contributed by atoms with E-state index in [-0.39, 0.29) is 0 Å². The average molecular weight is 296 g/mol. The first-order valence-electron chi connectivity index (χ1n) is 6.98. The van der Waals surface area contributed by atoms with Crippen molar-refractivity contribution >= 4 is 15.7 Å². The third-order valence-electron chi connectivity index (χ3n) is 4.40. The van der Waals surface area contributed by atoms with Crippen molar-refractivity contribution in [2.24, 2.45) is 11.8 Å². The van der Waals surface area contributed by atoms with Crippen LogP contribution in [0.3, 0.4) is 0 Å². The van der Waals surface area contributed by atoms with Gasteiger partial charge in [0, 0.05) is 19.3 Å². The minimum Gasteiger partial charge on any atom is -0.398 e. The van der Waals surface area contributed by atoms with E-state index in [1.807, 2.05) is 19.9 Å². The van der Waals surface area contributed by atoms with Crippen LogP contribution in [-0.2, 0) is 10.0 Å². The van der Waals surface area contributed by atoms with Crippen LogP contribution in [0.25, 0.3) is 0 Å². The number of aryl methyl sites for hydroxylation is 2. The summed E-state index contributed by atoms with van der Waals surface area (Å²) in [6.45, 7) is 8.28. The van der Waals surface area contributed by atoms with E-state index in [1.54, 1.807) is 14.0 Å². The van der Waals surface area contributed by atoms with Crippen molar-refractivity contribution in [2.45, 2.75) is 39.0 Å². The fourth-order valence-electron chi connectivity index (χ4n) is 2.82. The summed E-state index contributed by atoms with van der Waals surface area (Å²) >= 11 is 0. The van der Waals surface area contributed by atoms with Gasteiger partial charge in [0.2, 0.25) is 10.0 Å². The Hall–Kier alpha value is -1.07. The van der Waals surface area contributed by atoms with Crippen LogP contribution < -0.4 is 5.73 Å². The number of sulfonamides is 1. The van der Waals surface area contributed by atoms with Crippen LogP contribution >= 0.6 is 0 Å². The van der Waals surface area contributed by atoms with Gasteiger partial charge in [0.05, 0.1) is 4.90 Å². The SMILES string of the molecule is Cc1cc(C)c(S(=O)(=O)N(C)CC2CC2C)c(C)c1N. The van der Waals surface area contributed by atoms with Gasteiger partial charge in [-0.05, 0) is 55.7 Å². The molecule has 1 saturated carbocycles. The molecule has 20 heavy (non-hydrogen) atoms. The van der Waals surface area contributed by atoms with E-state index in [0.29, 0.717) is 34.5 Å². The zero-order valence-corrected chi connectivity index (χ0v) is 13.7. The molecule has 1 aliphatic rings. The number of benzene rings is 1. The summed E-state index contributed by atoms with van der Waals surface area (Å²) < 4.78 is 27.0. The Balaban J connectivity index is 2.41. The van der Waals surface area contributed by atoms with Crippen molar-refractivity contribution in [2.75, 3.05) is 19.3 Å². The van der Waals surface area contributed by atoms with E-state index in [0.717, 1.165) is 17.5 Å². The largest absolute Gasteiger partial charge is 0.398 e. The number of rotatable bonds is 4. The maximum atomic E-state index is 12.8. The molecule has 2 unspecified atom stereocenters.